The van der Waals surface area contributed by atoms with Crippen LogP contribution in [0.15, 0.2) is 23.6 Å². The summed E-state index contributed by atoms with van der Waals surface area (Å²) in [5.74, 6) is 0.0721. The molecule has 6 heteroatoms. The third-order valence-corrected chi connectivity index (χ3v) is 5.17. The molecule has 0 N–H and O–H groups in total. The largest absolute Gasteiger partial charge is 0.312 e. The molecule has 3 heterocycles. The predicted octanol–water partition coefficient (Wildman–Crippen LogP) is 3.09. The molecule has 1 aromatic carbocycles. The highest BCUT2D eigenvalue weighted by molar-refractivity contribution is 7.15. The van der Waals surface area contributed by atoms with Gasteiger partial charge in [0.2, 0.25) is 5.91 Å². The standard InChI is InChI=1S/C17H15N3O2S/c1-10-15(8-21)20-16(9-23-17(20)18-10)12-3-4-14-13(7-12)5-6-19(14)11(2)22/h3-4,7-9H,5-6H2,1-2H3. The molecule has 0 radical (unpaired) electrons. The van der Waals surface area contributed by atoms with Gasteiger partial charge in [0, 0.05) is 24.5 Å². The van der Waals surface area contributed by atoms with Gasteiger partial charge in [-0.1, -0.05) is 6.07 Å². The number of hydrogen-bond acceptors (Lipinski definition) is 4. The molecule has 1 amide bonds. The molecule has 0 aliphatic carbocycles. The fraction of sp³-hybridized carbons (Fsp3) is 0.235. The zero-order valence-corrected chi connectivity index (χ0v) is 13.7. The molecule has 0 spiro atoms. The highest BCUT2D eigenvalue weighted by Crippen LogP contribution is 2.34. The minimum absolute atomic E-state index is 0.0721. The van der Waals surface area contributed by atoms with Gasteiger partial charge in [-0.15, -0.1) is 11.3 Å². The van der Waals surface area contributed by atoms with Gasteiger partial charge in [0.05, 0.1) is 11.4 Å². The lowest BCUT2D eigenvalue weighted by Gasteiger charge is -2.14. The lowest BCUT2D eigenvalue weighted by molar-refractivity contribution is -0.116. The van der Waals surface area contributed by atoms with Crippen LogP contribution in [0.4, 0.5) is 5.69 Å². The van der Waals surface area contributed by atoms with Crippen LogP contribution in [0.5, 0.6) is 0 Å². The Morgan fingerprint density at radius 3 is 2.96 bits per heavy atom. The number of imidazole rings is 1. The van der Waals surface area contributed by atoms with Gasteiger partial charge >= 0.3 is 0 Å². The molecule has 23 heavy (non-hydrogen) atoms. The number of anilines is 1. The number of hydrogen-bond donors (Lipinski definition) is 0. The van der Waals surface area contributed by atoms with Crippen molar-refractivity contribution in [1.29, 1.82) is 0 Å². The van der Waals surface area contributed by atoms with Crippen LogP contribution in [0, 0.1) is 6.92 Å². The number of carbonyl (C=O) groups excluding carboxylic acids is 2. The fourth-order valence-corrected chi connectivity index (χ4v) is 4.16. The van der Waals surface area contributed by atoms with Crippen LogP contribution in [0.1, 0.15) is 28.7 Å². The minimum Gasteiger partial charge on any atom is -0.312 e. The van der Waals surface area contributed by atoms with Crippen molar-refractivity contribution < 1.29 is 9.59 Å². The minimum atomic E-state index is 0.0721. The first-order valence-electron chi connectivity index (χ1n) is 7.43. The molecule has 4 rings (SSSR count). The summed E-state index contributed by atoms with van der Waals surface area (Å²) < 4.78 is 1.91. The Morgan fingerprint density at radius 2 is 2.22 bits per heavy atom. The second-order valence-electron chi connectivity index (χ2n) is 5.70. The van der Waals surface area contributed by atoms with Gasteiger partial charge in [0.15, 0.2) is 11.2 Å². The third-order valence-electron chi connectivity index (χ3n) is 4.35. The average molecular weight is 325 g/mol. The van der Waals surface area contributed by atoms with Gasteiger partial charge in [-0.25, -0.2) is 4.98 Å². The summed E-state index contributed by atoms with van der Waals surface area (Å²) in [6.07, 6.45) is 1.72. The molecule has 0 unspecified atom stereocenters. The Hall–Kier alpha value is -2.47. The summed E-state index contributed by atoms with van der Waals surface area (Å²) in [6.45, 7) is 4.17. The van der Waals surface area contributed by atoms with E-state index in [-0.39, 0.29) is 5.91 Å². The van der Waals surface area contributed by atoms with E-state index >= 15 is 0 Å². The van der Waals surface area contributed by atoms with Crippen LogP contribution >= 0.6 is 11.3 Å². The van der Waals surface area contributed by atoms with Gasteiger partial charge in [-0.3, -0.25) is 14.0 Å². The normalized spacial score (nSPS) is 13.6. The van der Waals surface area contributed by atoms with E-state index in [1.807, 2.05) is 28.8 Å². The van der Waals surface area contributed by atoms with E-state index in [9.17, 15) is 9.59 Å². The van der Waals surface area contributed by atoms with Crippen LogP contribution in [0.2, 0.25) is 0 Å². The SMILES string of the molecule is CC(=O)N1CCc2cc(-c3csc4nc(C)c(C=O)n34)ccc21. The van der Waals surface area contributed by atoms with E-state index in [0.29, 0.717) is 5.69 Å². The number of fused-ring (bicyclic) bond motifs is 2. The van der Waals surface area contributed by atoms with Crippen molar-refractivity contribution in [2.45, 2.75) is 20.3 Å². The topological polar surface area (TPSA) is 54.7 Å². The van der Waals surface area contributed by atoms with Crippen LogP contribution in [0.25, 0.3) is 16.2 Å². The third kappa shape index (κ3) is 2.02. The summed E-state index contributed by atoms with van der Waals surface area (Å²) in [5, 5.41) is 2.02. The maximum atomic E-state index is 11.7. The summed E-state index contributed by atoms with van der Waals surface area (Å²) >= 11 is 1.53. The number of rotatable bonds is 2. The molecule has 3 aromatic rings. The second-order valence-corrected chi connectivity index (χ2v) is 6.54. The van der Waals surface area contributed by atoms with E-state index in [0.717, 1.165) is 46.9 Å². The van der Waals surface area contributed by atoms with Gasteiger partial charge < -0.3 is 4.90 Å². The van der Waals surface area contributed by atoms with E-state index in [2.05, 4.69) is 11.1 Å². The van der Waals surface area contributed by atoms with Crippen LogP contribution in [-0.4, -0.2) is 28.1 Å². The Balaban J connectivity index is 1.87. The van der Waals surface area contributed by atoms with Crippen LogP contribution in [0.3, 0.4) is 0 Å². The zero-order valence-electron chi connectivity index (χ0n) is 12.9. The fourth-order valence-electron chi connectivity index (χ4n) is 3.21. The zero-order chi connectivity index (χ0) is 16.1. The van der Waals surface area contributed by atoms with E-state index in [1.54, 1.807) is 11.8 Å². The first-order valence-corrected chi connectivity index (χ1v) is 8.31. The molecule has 2 aromatic heterocycles. The average Bonchev–Trinajstić information content (AvgIpc) is 3.18. The Kier molecular flexibility index (Phi) is 3.09. The molecular formula is C17H15N3O2S. The number of aldehydes is 1. The van der Waals surface area contributed by atoms with Crippen molar-refractivity contribution in [2.24, 2.45) is 0 Å². The summed E-state index contributed by atoms with van der Waals surface area (Å²) in [4.78, 5) is 30.1. The van der Waals surface area contributed by atoms with Crippen molar-refractivity contribution in [1.82, 2.24) is 9.38 Å². The number of thiazole rings is 1. The molecule has 0 fully saturated rings. The maximum absolute atomic E-state index is 11.7. The quantitative estimate of drug-likeness (QED) is 0.680. The lowest BCUT2D eigenvalue weighted by Crippen LogP contribution is -2.25. The molecule has 0 saturated heterocycles. The maximum Gasteiger partial charge on any atom is 0.223 e. The van der Waals surface area contributed by atoms with Gasteiger partial charge in [-0.05, 0) is 36.6 Å². The second kappa shape index (κ2) is 5.03. The van der Waals surface area contributed by atoms with Crippen LogP contribution < -0.4 is 4.90 Å². The number of aryl methyl sites for hydroxylation is 1. The van der Waals surface area contributed by atoms with Crippen molar-refractivity contribution in [3.05, 3.63) is 40.5 Å². The monoisotopic (exact) mass is 325 g/mol. The highest BCUT2D eigenvalue weighted by atomic mass is 32.1. The van der Waals surface area contributed by atoms with Crippen molar-refractivity contribution in [3.63, 3.8) is 0 Å². The number of amides is 1. The number of nitrogens with zero attached hydrogens (tertiary/aromatic N) is 3. The Morgan fingerprint density at radius 1 is 1.39 bits per heavy atom. The van der Waals surface area contributed by atoms with Crippen LogP contribution in [-0.2, 0) is 11.2 Å². The Labute approximate surface area is 137 Å². The van der Waals surface area contributed by atoms with E-state index < -0.39 is 0 Å². The molecule has 1 aliphatic heterocycles. The molecule has 0 atom stereocenters. The summed E-state index contributed by atoms with van der Waals surface area (Å²) in [6, 6.07) is 6.11. The number of benzene rings is 1. The van der Waals surface area contributed by atoms with Gasteiger partial charge in [-0.2, -0.15) is 0 Å². The van der Waals surface area contributed by atoms with E-state index in [1.165, 1.54) is 16.9 Å². The van der Waals surface area contributed by atoms with Gasteiger partial charge in [0.1, 0.15) is 5.69 Å². The highest BCUT2D eigenvalue weighted by Gasteiger charge is 2.23. The predicted molar refractivity (Wildman–Crippen MR) is 90.4 cm³/mol. The first-order chi connectivity index (χ1) is 11.1. The van der Waals surface area contributed by atoms with E-state index in [4.69, 9.17) is 0 Å². The first kappa shape index (κ1) is 14.1. The molecule has 116 valence electrons. The molecule has 1 aliphatic rings. The summed E-state index contributed by atoms with van der Waals surface area (Å²) in [5.41, 5.74) is 5.52. The lowest BCUT2D eigenvalue weighted by atomic mass is 10.1. The summed E-state index contributed by atoms with van der Waals surface area (Å²) in [7, 11) is 0. The molecular weight excluding hydrogens is 310 g/mol. The van der Waals surface area contributed by atoms with Gasteiger partial charge in [0.25, 0.3) is 0 Å². The smallest absolute Gasteiger partial charge is 0.223 e. The molecule has 0 saturated carbocycles. The van der Waals surface area contributed by atoms with Crippen molar-refractivity contribution in [3.8, 4) is 11.3 Å². The van der Waals surface area contributed by atoms with Crippen molar-refractivity contribution >= 4 is 34.2 Å². The number of carbonyl (C=O) groups is 2. The van der Waals surface area contributed by atoms with Crippen molar-refractivity contribution in [2.75, 3.05) is 11.4 Å². The molecule has 0 bridgehead atoms. The number of aromatic nitrogens is 2. The Bertz CT molecular complexity index is 954. The molecule has 5 nitrogen and oxygen atoms in total.